The molecule has 0 spiro atoms. The van der Waals surface area contributed by atoms with E-state index in [0.29, 0.717) is 17.9 Å². The zero-order valence-corrected chi connectivity index (χ0v) is 17.9. The Morgan fingerprint density at radius 3 is 2.48 bits per heavy atom. The Balaban J connectivity index is 2.04. The van der Waals surface area contributed by atoms with Crippen molar-refractivity contribution in [2.75, 3.05) is 12.3 Å². The van der Waals surface area contributed by atoms with E-state index in [-0.39, 0.29) is 29.9 Å². The van der Waals surface area contributed by atoms with Gasteiger partial charge in [0.1, 0.15) is 11.9 Å². The molecule has 0 saturated heterocycles. The fraction of sp³-hybridized carbons (Fsp3) is 0.391. The number of carbonyl (C=O) groups excluding carboxylic acids is 2. The molecule has 0 aliphatic heterocycles. The standard InChI is InChI=1S/C23H29FN2O2S/c1-3-4-14-25-23(28)18(2)26(15-20-12-8-9-13-21(20)24)22(27)17-29-16-19-10-6-5-7-11-19/h5-13,18H,3-4,14-17H2,1-2H3,(H,25,28)/t18-/m1/s1. The summed E-state index contributed by atoms with van der Waals surface area (Å²) in [6.45, 7) is 4.39. The average Bonchev–Trinajstić information content (AvgIpc) is 2.73. The Labute approximate surface area is 176 Å². The summed E-state index contributed by atoms with van der Waals surface area (Å²) >= 11 is 1.49. The van der Waals surface area contributed by atoms with E-state index in [0.717, 1.165) is 18.4 Å². The number of unbranched alkanes of at least 4 members (excludes halogenated alkanes) is 1. The van der Waals surface area contributed by atoms with Crippen molar-refractivity contribution in [2.24, 2.45) is 0 Å². The number of nitrogens with zero attached hydrogens (tertiary/aromatic N) is 1. The molecule has 6 heteroatoms. The van der Waals surface area contributed by atoms with E-state index in [1.54, 1.807) is 25.1 Å². The molecule has 156 valence electrons. The molecule has 2 aromatic rings. The van der Waals surface area contributed by atoms with Crippen LogP contribution < -0.4 is 5.32 Å². The first-order valence-corrected chi connectivity index (χ1v) is 11.1. The Kier molecular flexibility index (Phi) is 9.71. The summed E-state index contributed by atoms with van der Waals surface area (Å²) in [5, 5.41) is 2.87. The summed E-state index contributed by atoms with van der Waals surface area (Å²) in [5.74, 6) is 0.178. The number of thioether (sulfide) groups is 1. The minimum Gasteiger partial charge on any atom is -0.354 e. The molecule has 0 aliphatic rings. The summed E-state index contributed by atoms with van der Waals surface area (Å²) < 4.78 is 14.2. The first-order chi connectivity index (χ1) is 14.0. The molecule has 29 heavy (non-hydrogen) atoms. The molecule has 0 unspecified atom stereocenters. The van der Waals surface area contributed by atoms with E-state index in [1.165, 1.54) is 22.7 Å². The summed E-state index contributed by atoms with van der Waals surface area (Å²) in [4.78, 5) is 26.9. The van der Waals surface area contributed by atoms with Gasteiger partial charge < -0.3 is 10.2 Å². The van der Waals surface area contributed by atoms with Crippen molar-refractivity contribution in [1.82, 2.24) is 10.2 Å². The third-order valence-corrected chi connectivity index (χ3v) is 5.62. The lowest BCUT2D eigenvalue weighted by Crippen LogP contribution is -2.48. The van der Waals surface area contributed by atoms with Gasteiger partial charge in [0.05, 0.1) is 5.75 Å². The smallest absolute Gasteiger partial charge is 0.242 e. The first-order valence-electron chi connectivity index (χ1n) is 9.95. The molecule has 0 radical (unpaired) electrons. The van der Waals surface area contributed by atoms with Crippen LogP contribution in [0.2, 0.25) is 0 Å². The Morgan fingerprint density at radius 1 is 1.10 bits per heavy atom. The minimum absolute atomic E-state index is 0.0692. The first kappa shape index (κ1) is 22.9. The van der Waals surface area contributed by atoms with Gasteiger partial charge in [-0.3, -0.25) is 9.59 Å². The maximum Gasteiger partial charge on any atom is 0.242 e. The third kappa shape index (κ3) is 7.54. The number of halogens is 1. The highest BCUT2D eigenvalue weighted by Gasteiger charge is 2.26. The molecule has 0 saturated carbocycles. The van der Waals surface area contributed by atoms with Crippen LogP contribution in [0, 0.1) is 5.82 Å². The Bertz CT molecular complexity index is 785. The van der Waals surface area contributed by atoms with E-state index >= 15 is 0 Å². The maximum absolute atomic E-state index is 14.2. The second kappa shape index (κ2) is 12.3. The van der Waals surface area contributed by atoms with E-state index in [4.69, 9.17) is 0 Å². The molecule has 1 N–H and O–H groups in total. The van der Waals surface area contributed by atoms with Crippen molar-refractivity contribution >= 4 is 23.6 Å². The molecule has 2 rings (SSSR count). The quantitative estimate of drug-likeness (QED) is 0.553. The summed E-state index contributed by atoms with van der Waals surface area (Å²) in [5.41, 5.74) is 1.54. The van der Waals surface area contributed by atoms with Crippen LogP contribution in [-0.2, 0) is 21.9 Å². The average molecular weight is 417 g/mol. The van der Waals surface area contributed by atoms with E-state index < -0.39 is 6.04 Å². The highest BCUT2D eigenvalue weighted by molar-refractivity contribution is 7.99. The van der Waals surface area contributed by atoms with Gasteiger partial charge >= 0.3 is 0 Å². The number of hydrogen-bond donors (Lipinski definition) is 1. The Morgan fingerprint density at radius 2 is 1.79 bits per heavy atom. The number of benzene rings is 2. The van der Waals surface area contributed by atoms with Gasteiger partial charge in [-0.1, -0.05) is 61.9 Å². The molecule has 0 fully saturated rings. The second-order valence-corrected chi connectivity index (χ2v) is 7.90. The van der Waals surface area contributed by atoms with Crippen LogP contribution in [0.1, 0.15) is 37.8 Å². The summed E-state index contributed by atoms with van der Waals surface area (Å²) in [6.07, 6.45) is 1.86. The van der Waals surface area contributed by atoms with Crippen LogP contribution in [0.25, 0.3) is 0 Å². The van der Waals surface area contributed by atoms with Gasteiger partial charge in [-0.25, -0.2) is 4.39 Å². The molecule has 4 nitrogen and oxygen atoms in total. The molecular weight excluding hydrogens is 387 g/mol. The lowest BCUT2D eigenvalue weighted by Gasteiger charge is -2.29. The van der Waals surface area contributed by atoms with Crippen molar-refractivity contribution in [1.29, 1.82) is 0 Å². The van der Waals surface area contributed by atoms with Crippen molar-refractivity contribution in [3.05, 3.63) is 71.5 Å². The van der Waals surface area contributed by atoms with Gasteiger partial charge in [0.25, 0.3) is 0 Å². The van der Waals surface area contributed by atoms with Crippen molar-refractivity contribution < 1.29 is 14.0 Å². The SMILES string of the molecule is CCCCNC(=O)[C@@H](C)N(Cc1ccccc1F)C(=O)CSCc1ccccc1. The molecule has 2 amide bonds. The van der Waals surface area contributed by atoms with E-state index in [9.17, 15) is 14.0 Å². The number of hydrogen-bond acceptors (Lipinski definition) is 3. The van der Waals surface area contributed by atoms with Crippen LogP contribution in [0.15, 0.2) is 54.6 Å². The normalized spacial score (nSPS) is 11.7. The number of nitrogens with one attached hydrogen (secondary N) is 1. The largest absolute Gasteiger partial charge is 0.354 e. The predicted molar refractivity (Wildman–Crippen MR) is 117 cm³/mol. The monoisotopic (exact) mass is 416 g/mol. The van der Waals surface area contributed by atoms with E-state index in [2.05, 4.69) is 5.32 Å². The van der Waals surface area contributed by atoms with Gasteiger partial charge in [0.2, 0.25) is 11.8 Å². The number of carbonyl (C=O) groups is 2. The summed E-state index contributed by atoms with van der Waals surface area (Å²) in [6, 6.07) is 15.6. The van der Waals surface area contributed by atoms with Crippen LogP contribution in [0.4, 0.5) is 4.39 Å². The molecule has 0 aliphatic carbocycles. The predicted octanol–water partition coefficient (Wildman–Crippen LogP) is 4.39. The van der Waals surface area contributed by atoms with Gasteiger partial charge in [0, 0.05) is 24.4 Å². The highest BCUT2D eigenvalue weighted by atomic mass is 32.2. The fourth-order valence-electron chi connectivity index (χ4n) is 2.84. The van der Waals surface area contributed by atoms with E-state index in [1.807, 2.05) is 37.3 Å². The number of amides is 2. The number of rotatable bonds is 11. The molecule has 0 heterocycles. The topological polar surface area (TPSA) is 49.4 Å². The van der Waals surface area contributed by atoms with Crippen LogP contribution in [0.5, 0.6) is 0 Å². The van der Waals surface area contributed by atoms with Crippen LogP contribution in [-0.4, -0.2) is 35.1 Å². The maximum atomic E-state index is 14.2. The molecule has 1 atom stereocenters. The van der Waals surface area contributed by atoms with Gasteiger partial charge in [-0.15, -0.1) is 11.8 Å². The second-order valence-electron chi connectivity index (χ2n) is 6.91. The summed E-state index contributed by atoms with van der Waals surface area (Å²) in [7, 11) is 0. The van der Waals surface area contributed by atoms with Crippen molar-refractivity contribution in [3.8, 4) is 0 Å². The van der Waals surface area contributed by atoms with Crippen molar-refractivity contribution in [2.45, 2.75) is 45.0 Å². The van der Waals surface area contributed by atoms with Gasteiger partial charge in [-0.05, 0) is 25.0 Å². The van der Waals surface area contributed by atoms with Crippen LogP contribution >= 0.6 is 11.8 Å². The zero-order chi connectivity index (χ0) is 21.1. The molecular formula is C23H29FN2O2S. The lowest BCUT2D eigenvalue weighted by molar-refractivity contribution is -0.138. The zero-order valence-electron chi connectivity index (χ0n) is 17.1. The fourth-order valence-corrected chi connectivity index (χ4v) is 3.71. The van der Waals surface area contributed by atoms with Crippen LogP contribution in [0.3, 0.4) is 0 Å². The lowest BCUT2D eigenvalue weighted by atomic mass is 10.1. The molecule has 2 aromatic carbocycles. The highest BCUT2D eigenvalue weighted by Crippen LogP contribution is 2.17. The van der Waals surface area contributed by atoms with Crippen molar-refractivity contribution in [3.63, 3.8) is 0 Å². The van der Waals surface area contributed by atoms with Gasteiger partial charge in [0.15, 0.2) is 0 Å². The van der Waals surface area contributed by atoms with Gasteiger partial charge in [-0.2, -0.15) is 0 Å². The third-order valence-electron chi connectivity index (χ3n) is 4.63. The minimum atomic E-state index is -0.670. The molecule has 0 bridgehead atoms. The molecule has 0 aromatic heterocycles. The Hall–Kier alpha value is -2.34.